The highest BCUT2D eigenvalue weighted by Gasteiger charge is 2.37. The molecule has 2 aromatic rings. The average molecular weight is 436 g/mol. The van der Waals surface area contributed by atoms with E-state index in [0.29, 0.717) is 29.0 Å². The third-order valence-corrected chi connectivity index (χ3v) is 6.93. The van der Waals surface area contributed by atoms with Crippen molar-refractivity contribution >= 4 is 38.4 Å². The molecule has 9 heteroatoms. The number of nitrogens with one attached hydrogen (secondary N) is 1. The molecule has 24 heavy (non-hydrogen) atoms. The monoisotopic (exact) mass is 434 g/mol. The van der Waals surface area contributed by atoms with Crippen LogP contribution < -0.4 is 5.32 Å². The van der Waals surface area contributed by atoms with Crippen LogP contribution in [0.5, 0.6) is 0 Å². The normalized spacial score (nSPS) is 19.0. The maximum absolute atomic E-state index is 13.2. The quantitative estimate of drug-likeness (QED) is 0.803. The van der Waals surface area contributed by atoms with Crippen LogP contribution in [0, 0.1) is 6.92 Å². The zero-order valence-electron chi connectivity index (χ0n) is 13.4. The molecule has 1 aliphatic rings. The lowest BCUT2D eigenvalue weighted by atomic mass is 10.2. The van der Waals surface area contributed by atoms with E-state index < -0.39 is 10.0 Å². The van der Waals surface area contributed by atoms with E-state index in [1.807, 2.05) is 30.8 Å². The van der Waals surface area contributed by atoms with Gasteiger partial charge in [-0.3, -0.25) is 0 Å². The summed E-state index contributed by atoms with van der Waals surface area (Å²) in [7, 11) is -1.73. The van der Waals surface area contributed by atoms with Gasteiger partial charge >= 0.3 is 0 Å². The van der Waals surface area contributed by atoms with Crippen LogP contribution in [-0.4, -0.2) is 41.9 Å². The van der Waals surface area contributed by atoms with Gasteiger partial charge in [-0.25, -0.2) is 13.4 Å². The first-order valence-corrected chi connectivity index (χ1v) is 9.60. The zero-order valence-corrected chi connectivity index (χ0v) is 16.7. The summed E-state index contributed by atoms with van der Waals surface area (Å²) in [6.07, 6.45) is 3.52. The Morgan fingerprint density at radius 2 is 2.12 bits per heavy atom. The Hall–Kier alpha value is -0.930. The Bertz CT molecular complexity index is 825. The van der Waals surface area contributed by atoms with Gasteiger partial charge in [-0.1, -0.05) is 6.07 Å². The van der Waals surface area contributed by atoms with Crippen LogP contribution in [0.4, 0.5) is 0 Å². The van der Waals surface area contributed by atoms with Crippen molar-refractivity contribution in [2.75, 3.05) is 19.6 Å². The number of sulfonamides is 1. The van der Waals surface area contributed by atoms with Crippen molar-refractivity contribution in [3.8, 4) is 0 Å². The minimum Gasteiger partial charge on any atom is -0.337 e. The van der Waals surface area contributed by atoms with Gasteiger partial charge < -0.3 is 9.88 Å². The number of hydrogen-bond acceptors (Lipinski definition) is 4. The van der Waals surface area contributed by atoms with Crippen molar-refractivity contribution in [2.24, 2.45) is 7.05 Å². The van der Waals surface area contributed by atoms with Gasteiger partial charge in [-0.15, -0.1) is 12.4 Å². The number of halogens is 2. The first-order chi connectivity index (χ1) is 10.9. The second-order valence-electron chi connectivity index (χ2n) is 5.67. The van der Waals surface area contributed by atoms with Crippen molar-refractivity contribution in [3.63, 3.8) is 0 Å². The van der Waals surface area contributed by atoms with E-state index in [2.05, 4.69) is 26.2 Å². The van der Waals surface area contributed by atoms with Crippen molar-refractivity contribution in [1.29, 1.82) is 0 Å². The number of benzene rings is 1. The van der Waals surface area contributed by atoms with Crippen molar-refractivity contribution < 1.29 is 8.42 Å². The summed E-state index contributed by atoms with van der Waals surface area (Å²) in [5.41, 5.74) is 0.912. The molecule has 3 rings (SSSR count). The number of aromatic nitrogens is 2. The van der Waals surface area contributed by atoms with Gasteiger partial charge in [0.1, 0.15) is 5.82 Å². The molecule has 2 heterocycles. The SMILES string of the molecule is Cc1ccc(Br)c(S(=O)(=O)N2CCNCC2c2nccn2C)c1.Cl. The predicted octanol–water partition coefficient (Wildman–Crippen LogP) is 2.25. The summed E-state index contributed by atoms with van der Waals surface area (Å²) in [6.45, 7) is 3.48. The molecular weight excluding hydrogens is 416 g/mol. The zero-order chi connectivity index (χ0) is 16.6. The molecular formula is C15H20BrClN4O2S. The summed E-state index contributed by atoms with van der Waals surface area (Å²) < 4.78 is 30.4. The molecule has 1 atom stereocenters. The number of nitrogens with zero attached hydrogens (tertiary/aromatic N) is 3. The van der Waals surface area contributed by atoms with Crippen molar-refractivity contribution in [2.45, 2.75) is 17.9 Å². The van der Waals surface area contributed by atoms with E-state index in [-0.39, 0.29) is 18.4 Å². The molecule has 6 nitrogen and oxygen atoms in total. The third-order valence-electron chi connectivity index (χ3n) is 4.02. The molecule has 0 spiro atoms. The Morgan fingerprint density at radius 1 is 1.38 bits per heavy atom. The van der Waals surface area contributed by atoms with Crippen LogP contribution in [0.3, 0.4) is 0 Å². The number of aryl methyl sites for hydroxylation is 2. The summed E-state index contributed by atoms with van der Waals surface area (Å²) in [5.74, 6) is 0.740. The van der Waals surface area contributed by atoms with Crippen LogP contribution in [0.2, 0.25) is 0 Å². The Labute approximate surface area is 156 Å². The molecule has 1 aliphatic heterocycles. The average Bonchev–Trinajstić information content (AvgIpc) is 2.95. The molecule has 0 saturated carbocycles. The predicted molar refractivity (Wildman–Crippen MR) is 98.8 cm³/mol. The molecule has 0 radical (unpaired) electrons. The van der Waals surface area contributed by atoms with Crippen LogP contribution in [-0.2, 0) is 17.1 Å². The summed E-state index contributed by atoms with van der Waals surface area (Å²) in [6, 6.07) is 5.05. The summed E-state index contributed by atoms with van der Waals surface area (Å²) in [5, 5.41) is 3.26. The number of hydrogen-bond donors (Lipinski definition) is 1. The van der Waals surface area contributed by atoms with Gasteiger partial charge in [0.2, 0.25) is 10.0 Å². The number of piperazine rings is 1. The number of imidazole rings is 1. The smallest absolute Gasteiger partial charge is 0.244 e. The molecule has 1 saturated heterocycles. The number of rotatable bonds is 3. The fourth-order valence-corrected chi connectivity index (χ4v) is 5.42. The lowest BCUT2D eigenvalue weighted by Crippen LogP contribution is -2.49. The van der Waals surface area contributed by atoms with Crippen molar-refractivity contribution in [1.82, 2.24) is 19.2 Å². The van der Waals surface area contributed by atoms with Gasteiger partial charge in [-0.2, -0.15) is 4.31 Å². The van der Waals surface area contributed by atoms with Gasteiger partial charge in [0.05, 0.1) is 10.9 Å². The summed E-state index contributed by atoms with van der Waals surface area (Å²) >= 11 is 3.37. The molecule has 1 fully saturated rings. The van der Waals surface area contributed by atoms with Gasteiger partial charge in [0, 0.05) is 43.5 Å². The highest BCUT2D eigenvalue weighted by atomic mass is 79.9. The molecule has 1 unspecified atom stereocenters. The Balaban J connectivity index is 0.00000208. The molecule has 1 aromatic carbocycles. The molecule has 0 bridgehead atoms. The standard InChI is InChI=1S/C15H19BrN4O2S.ClH/c1-11-3-4-12(16)14(9-11)23(21,22)20-8-5-17-10-13(20)15-18-6-7-19(15)2;/h3-4,6-7,9,13,17H,5,8,10H2,1-2H3;1H. The molecule has 132 valence electrons. The fourth-order valence-electron chi connectivity index (χ4n) is 2.83. The molecule has 1 aromatic heterocycles. The van der Waals surface area contributed by atoms with Crippen LogP contribution in [0.15, 0.2) is 40.0 Å². The van der Waals surface area contributed by atoms with E-state index >= 15 is 0 Å². The summed E-state index contributed by atoms with van der Waals surface area (Å²) in [4.78, 5) is 4.65. The topological polar surface area (TPSA) is 67.2 Å². The molecule has 0 aliphatic carbocycles. The maximum atomic E-state index is 13.2. The second kappa shape index (κ2) is 7.53. The van der Waals surface area contributed by atoms with Gasteiger partial charge in [0.25, 0.3) is 0 Å². The first kappa shape index (κ1) is 19.4. The van der Waals surface area contributed by atoms with E-state index in [4.69, 9.17) is 0 Å². The first-order valence-electron chi connectivity index (χ1n) is 7.37. The van der Waals surface area contributed by atoms with Crippen LogP contribution >= 0.6 is 28.3 Å². The lowest BCUT2D eigenvalue weighted by Gasteiger charge is -2.34. The Morgan fingerprint density at radius 3 is 2.79 bits per heavy atom. The van der Waals surface area contributed by atoms with E-state index in [1.165, 1.54) is 0 Å². The van der Waals surface area contributed by atoms with Crippen LogP contribution in [0.25, 0.3) is 0 Å². The van der Waals surface area contributed by atoms with E-state index in [9.17, 15) is 8.42 Å². The highest BCUT2D eigenvalue weighted by molar-refractivity contribution is 9.10. The fraction of sp³-hybridized carbons (Fsp3) is 0.400. The van der Waals surface area contributed by atoms with Gasteiger partial charge in [0.15, 0.2) is 0 Å². The third kappa shape index (κ3) is 3.52. The minimum absolute atomic E-state index is 0. The van der Waals surface area contributed by atoms with Gasteiger partial charge in [-0.05, 0) is 40.5 Å². The molecule has 0 amide bonds. The van der Waals surface area contributed by atoms with Crippen molar-refractivity contribution in [3.05, 3.63) is 46.5 Å². The largest absolute Gasteiger partial charge is 0.337 e. The Kier molecular flexibility index (Phi) is 6.09. The lowest BCUT2D eigenvalue weighted by molar-refractivity contribution is 0.258. The second-order valence-corrected chi connectivity index (χ2v) is 8.38. The highest BCUT2D eigenvalue weighted by Crippen LogP contribution is 2.32. The minimum atomic E-state index is -3.61. The van der Waals surface area contributed by atoms with Crippen LogP contribution in [0.1, 0.15) is 17.4 Å². The maximum Gasteiger partial charge on any atom is 0.244 e. The van der Waals surface area contributed by atoms with E-state index in [0.717, 1.165) is 11.4 Å². The van der Waals surface area contributed by atoms with E-state index in [1.54, 1.807) is 22.6 Å². The molecule has 1 N–H and O–H groups in total.